The van der Waals surface area contributed by atoms with Crippen LogP contribution in [0.25, 0.3) is 0 Å². The van der Waals surface area contributed by atoms with Crippen molar-refractivity contribution in [1.29, 1.82) is 0 Å². The first-order chi connectivity index (χ1) is 27.1. The molecular weight excluding hydrogens is 723 g/mol. The molecule has 10 atom stereocenters. The van der Waals surface area contributed by atoms with Crippen LogP contribution in [-0.2, 0) is 25.7 Å². The van der Waals surface area contributed by atoms with E-state index in [1.807, 2.05) is 13.8 Å². The second-order valence-electron chi connectivity index (χ2n) is 22.7. The summed E-state index contributed by atoms with van der Waals surface area (Å²) in [6.07, 6.45) is 11.8. The summed E-state index contributed by atoms with van der Waals surface area (Å²) >= 11 is 0. The van der Waals surface area contributed by atoms with E-state index < -0.39 is 11.4 Å². The summed E-state index contributed by atoms with van der Waals surface area (Å²) in [5.41, 5.74) is 3.47. The molecule has 1 heterocycles. The van der Waals surface area contributed by atoms with Gasteiger partial charge in [-0.05, 0) is 153 Å². The summed E-state index contributed by atoms with van der Waals surface area (Å²) in [5, 5.41) is 12.8. The highest BCUT2D eigenvalue weighted by Gasteiger charge is 2.71. The van der Waals surface area contributed by atoms with Gasteiger partial charge in [-0.3, -0.25) is 14.4 Å². The number of anilines is 1. The van der Waals surface area contributed by atoms with Crippen molar-refractivity contribution in [3.63, 3.8) is 0 Å². The third kappa shape index (κ3) is 7.57. The number of ether oxygens (including phenoxy) is 1. The first kappa shape index (κ1) is 43.2. The standard InChI is InChI=1S/C50H77N3O5/c1-33(2)36-17-22-50(29-41(54)51-32-34-11-13-35(14-12-34)53-27-25-52(10)26-28-53)24-23-48(8)37(44(36)50)15-16-39-47(7)20-19-40(46(5,6)38(47)18-21-49(39,48)9)58-43(57)31-45(3,4)30-42(55)56/h11-14,36-40,44H,1,15-32H2,2-10H3,(H,51,54)(H,55,56)/t36-,37+,38-,39+,40-,44+,47-,48+,49+,50+/m0/s1. The minimum absolute atomic E-state index is 0.0242. The number of hydrogen-bond donors (Lipinski definition) is 2. The Morgan fingerprint density at radius 2 is 1.53 bits per heavy atom. The van der Waals surface area contributed by atoms with Crippen molar-refractivity contribution in [3.8, 4) is 0 Å². The monoisotopic (exact) mass is 800 g/mol. The van der Waals surface area contributed by atoms with Gasteiger partial charge in [-0.15, -0.1) is 0 Å². The van der Waals surface area contributed by atoms with Crippen molar-refractivity contribution in [2.75, 3.05) is 38.1 Å². The average Bonchev–Trinajstić information content (AvgIpc) is 3.51. The van der Waals surface area contributed by atoms with Gasteiger partial charge in [0, 0.05) is 50.2 Å². The molecule has 1 aromatic rings. The van der Waals surface area contributed by atoms with Crippen molar-refractivity contribution in [2.45, 2.75) is 152 Å². The normalized spacial score (nSPS) is 38.4. The second kappa shape index (κ2) is 15.5. The Morgan fingerprint density at radius 1 is 0.845 bits per heavy atom. The van der Waals surface area contributed by atoms with Crippen LogP contribution in [0.2, 0.25) is 0 Å². The van der Waals surface area contributed by atoms with Gasteiger partial charge in [-0.25, -0.2) is 0 Å². The number of esters is 1. The van der Waals surface area contributed by atoms with E-state index in [9.17, 15) is 19.5 Å². The molecule has 322 valence electrons. The number of likely N-dealkylation sites (N-methyl/N-ethyl adjacent to an activating group) is 1. The molecule has 1 aliphatic heterocycles. The highest BCUT2D eigenvalue weighted by molar-refractivity contribution is 5.77. The molecule has 1 aromatic carbocycles. The Morgan fingerprint density at radius 3 is 2.19 bits per heavy atom. The molecule has 1 amide bonds. The van der Waals surface area contributed by atoms with E-state index in [0.717, 1.165) is 70.3 Å². The fraction of sp³-hybridized carbons (Fsp3) is 0.780. The highest BCUT2D eigenvalue weighted by Crippen LogP contribution is 2.78. The number of nitrogens with one attached hydrogen (secondary N) is 1. The van der Waals surface area contributed by atoms with Gasteiger partial charge in [0.2, 0.25) is 5.91 Å². The minimum atomic E-state index is -0.883. The maximum Gasteiger partial charge on any atom is 0.306 e. The van der Waals surface area contributed by atoms with Crippen molar-refractivity contribution >= 4 is 23.5 Å². The van der Waals surface area contributed by atoms with Crippen LogP contribution in [0.3, 0.4) is 0 Å². The van der Waals surface area contributed by atoms with Gasteiger partial charge < -0.3 is 25.0 Å². The predicted molar refractivity (Wildman–Crippen MR) is 232 cm³/mol. The second-order valence-corrected chi connectivity index (χ2v) is 22.7. The van der Waals surface area contributed by atoms with E-state index in [4.69, 9.17) is 4.74 Å². The first-order valence-electron chi connectivity index (χ1n) is 23.0. The highest BCUT2D eigenvalue weighted by atomic mass is 16.5. The van der Waals surface area contributed by atoms with Crippen LogP contribution in [0.5, 0.6) is 0 Å². The van der Waals surface area contributed by atoms with E-state index >= 15 is 0 Å². The quantitative estimate of drug-likeness (QED) is 0.170. The lowest BCUT2D eigenvalue weighted by Gasteiger charge is -2.73. The Hall–Kier alpha value is -2.87. The van der Waals surface area contributed by atoms with E-state index in [2.05, 4.69) is 94.6 Å². The first-order valence-corrected chi connectivity index (χ1v) is 23.0. The lowest BCUT2D eigenvalue weighted by molar-refractivity contribution is -0.250. The molecule has 5 aliphatic carbocycles. The van der Waals surface area contributed by atoms with Crippen molar-refractivity contribution in [2.24, 2.45) is 62.1 Å². The number of carbonyl (C=O) groups excluding carboxylic acids is 2. The molecule has 1 saturated heterocycles. The zero-order valence-electron chi connectivity index (χ0n) is 37.7. The van der Waals surface area contributed by atoms with Crippen LogP contribution < -0.4 is 10.2 Å². The fourth-order valence-electron chi connectivity index (χ4n) is 15.3. The molecule has 0 unspecified atom stereocenters. The van der Waals surface area contributed by atoms with E-state index in [0.29, 0.717) is 42.6 Å². The Balaban J connectivity index is 1.05. The average molecular weight is 800 g/mol. The molecular formula is C50H77N3O5. The predicted octanol–water partition coefficient (Wildman–Crippen LogP) is 9.91. The molecule has 6 aliphatic rings. The van der Waals surface area contributed by atoms with Crippen LogP contribution in [0, 0.1) is 62.1 Å². The zero-order valence-corrected chi connectivity index (χ0v) is 37.7. The third-order valence-corrected chi connectivity index (χ3v) is 18.5. The van der Waals surface area contributed by atoms with Crippen LogP contribution >= 0.6 is 0 Å². The number of benzene rings is 1. The molecule has 0 aromatic heterocycles. The topological polar surface area (TPSA) is 99.2 Å². The van der Waals surface area contributed by atoms with Gasteiger partial charge in [0.05, 0.1) is 12.8 Å². The molecule has 8 nitrogen and oxygen atoms in total. The summed E-state index contributed by atoms with van der Waals surface area (Å²) in [5.74, 6) is 1.62. The molecule has 6 fully saturated rings. The minimum Gasteiger partial charge on any atom is -0.481 e. The zero-order chi connectivity index (χ0) is 42.1. The smallest absolute Gasteiger partial charge is 0.306 e. The molecule has 0 bridgehead atoms. The number of hydrogen-bond acceptors (Lipinski definition) is 6. The molecule has 0 radical (unpaired) electrons. The van der Waals surface area contributed by atoms with Gasteiger partial charge in [0.1, 0.15) is 6.10 Å². The summed E-state index contributed by atoms with van der Waals surface area (Å²) in [7, 11) is 2.19. The largest absolute Gasteiger partial charge is 0.481 e. The maximum absolute atomic E-state index is 14.0. The maximum atomic E-state index is 14.0. The lowest BCUT2D eigenvalue weighted by atomic mass is 9.32. The van der Waals surface area contributed by atoms with Crippen molar-refractivity contribution < 1.29 is 24.2 Å². The van der Waals surface area contributed by atoms with Crippen LogP contribution in [0.15, 0.2) is 36.4 Å². The van der Waals surface area contributed by atoms with E-state index in [-0.39, 0.29) is 57.9 Å². The van der Waals surface area contributed by atoms with Crippen LogP contribution in [0.4, 0.5) is 5.69 Å². The van der Waals surface area contributed by atoms with Crippen molar-refractivity contribution in [3.05, 3.63) is 42.0 Å². The number of aliphatic carboxylic acids is 1. The lowest BCUT2D eigenvalue weighted by Crippen LogP contribution is -2.67. The van der Waals surface area contributed by atoms with Gasteiger partial charge in [-0.2, -0.15) is 0 Å². The summed E-state index contributed by atoms with van der Waals surface area (Å²) in [6, 6.07) is 8.82. The summed E-state index contributed by atoms with van der Waals surface area (Å²) in [4.78, 5) is 43.6. The number of allylic oxidation sites excluding steroid dienone is 1. The number of piperazine rings is 1. The van der Waals surface area contributed by atoms with Crippen LogP contribution in [0.1, 0.15) is 144 Å². The number of carbonyl (C=O) groups is 3. The number of nitrogens with zero attached hydrogens (tertiary/aromatic N) is 2. The Kier molecular flexibility index (Phi) is 11.6. The van der Waals surface area contributed by atoms with Crippen LogP contribution in [-0.4, -0.2) is 67.2 Å². The van der Waals surface area contributed by atoms with Crippen molar-refractivity contribution in [1.82, 2.24) is 10.2 Å². The third-order valence-electron chi connectivity index (χ3n) is 18.5. The number of carboxylic acids is 1. The number of amides is 1. The van der Waals surface area contributed by atoms with Gasteiger partial charge >= 0.3 is 11.9 Å². The molecule has 5 saturated carbocycles. The number of fused-ring (bicyclic) bond motifs is 7. The summed E-state index contributed by atoms with van der Waals surface area (Å²) < 4.78 is 6.31. The summed E-state index contributed by atoms with van der Waals surface area (Å²) in [6.45, 7) is 28.0. The molecule has 0 spiro atoms. The molecule has 8 heteroatoms. The number of carboxylic acid groups (broad SMARTS) is 1. The fourth-order valence-corrected chi connectivity index (χ4v) is 15.3. The molecule has 58 heavy (non-hydrogen) atoms. The Bertz CT molecular complexity index is 1730. The SMILES string of the molecule is C=C(C)[C@@H]1CC[C@]2(CC(=O)NCc3ccc(N4CCN(C)CC4)cc3)CC[C@]3(C)[C@H](CC[C@@H]4[C@@]5(C)CC[C@H](OC(=O)CC(C)(C)CC(=O)O)C(C)(C)[C@@H]5CC[C@]43C)[C@@H]12. The van der Waals surface area contributed by atoms with E-state index in [1.54, 1.807) is 0 Å². The van der Waals surface area contributed by atoms with Gasteiger partial charge in [0.15, 0.2) is 0 Å². The van der Waals surface area contributed by atoms with Gasteiger partial charge in [0.25, 0.3) is 0 Å². The van der Waals surface area contributed by atoms with Gasteiger partial charge in [-0.1, -0.05) is 72.8 Å². The molecule has 2 N–H and O–H groups in total. The molecule has 7 rings (SSSR count). The Labute approximate surface area is 350 Å². The number of rotatable bonds is 11. The van der Waals surface area contributed by atoms with E-state index in [1.165, 1.54) is 36.9 Å².